The van der Waals surface area contributed by atoms with E-state index in [2.05, 4.69) is 51.2 Å². The Bertz CT molecular complexity index is 1200. The van der Waals surface area contributed by atoms with Crippen molar-refractivity contribution in [3.05, 3.63) is 59.6 Å². The third-order valence-corrected chi connectivity index (χ3v) is 6.20. The number of hydrogen-bond donors (Lipinski definition) is 2. The number of para-hydroxylation sites is 1. The number of rotatable bonds is 6. The zero-order valence-electron chi connectivity index (χ0n) is 18.6. The van der Waals surface area contributed by atoms with Crippen LogP contribution in [0.3, 0.4) is 0 Å². The van der Waals surface area contributed by atoms with Crippen molar-refractivity contribution in [2.45, 2.75) is 45.6 Å². The highest BCUT2D eigenvalue weighted by Crippen LogP contribution is 2.30. The average Bonchev–Trinajstić information content (AvgIpc) is 3.40. The summed E-state index contributed by atoms with van der Waals surface area (Å²) >= 11 is 0. The highest BCUT2D eigenvalue weighted by atomic mass is 16.5. The maximum Gasteiger partial charge on any atom is 0.160 e. The van der Waals surface area contributed by atoms with Gasteiger partial charge in [-0.15, -0.1) is 10.2 Å². The molecule has 0 spiro atoms. The van der Waals surface area contributed by atoms with Crippen molar-refractivity contribution in [2.75, 3.05) is 13.1 Å². The van der Waals surface area contributed by atoms with E-state index in [1.165, 1.54) is 0 Å². The molecule has 0 amide bonds. The van der Waals surface area contributed by atoms with Crippen LogP contribution >= 0.6 is 0 Å². The van der Waals surface area contributed by atoms with Crippen LogP contribution in [0.4, 0.5) is 0 Å². The molecule has 0 atom stereocenters. The Morgan fingerprint density at radius 3 is 2.72 bits per heavy atom. The second-order valence-corrected chi connectivity index (χ2v) is 9.21. The molecular formula is C25H29N5O2. The van der Waals surface area contributed by atoms with Crippen molar-refractivity contribution in [2.24, 2.45) is 5.92 Å². The van der Waals surface area contributed by atoms with Gasteiger partial charge in [0.25, 0.3) is 0 Å². The Balaban J connectivity index is 1.23. The number of phenols is 1. The second-order valence-electron chi connectivity index (χ2n) is 9.21. The lowest BCUT2D eigenvalue weighted by molar-refractivity contribution is 0.199. The molecule has 5 rings (SSSR count). The average molecular weight is 432 g/mol. The molecule has 3 aromatic heterocycles. The van der Waals surface area contributed by atoms with Gasteiger partial charge in [0.05, 0.1) is 11.4 Å². The van der Waals surface area contributed by atoms with E-state index in [0.29, 0.717) is 23.1 Å². The lowest BCUT2D eigenvalue weighted by atomic mass is 9.93. The van der Waals surface area contributed by atoms with Gasteiger partial charge in [-0.3, -0.25) is 4.90 Å². The Labute approximate surface area is 187 Å². The van der Waals surface area contributed by atoms with Gasteiger partial charge in [-0.05, 0) is 56.1 Å². The molecule has 0 aliphatic carbocycles. The summed E-state index contributed by atoms with van der Waals surface area (Å²) in [5.41, 5.74) is 4.37. The monoisotopic (exact) mass is 431 g/mol. The molecule has 166 valence electrons. The first kappa shape index (κ1) is 20.7. The minimum absolute atomic E-state index is 0.211. The number of likely N-dealkylation sites (tertiary alicyclic amines) is 1. The molecular weight excluding hydrogens is 402 g/mol. The van der Waals surface area contributed by atoms with Gasteiger partial charge in [0.15, 0.2) is 5.65 Å². The van der Waals surface area contributed by atoms with Crippen LogP contribution in [0.5, 0.6) is 5.75 Å². The first-order valence-electron chi connectivity index (χ1n) is 11.4. The second kappa shape index (κ2) is 8.74. The number of phenolic OH excluding ortho intramolecular Hbond substituents is 1. The molecule has 1 saturated heterocycles. The van der Waals surface area contributed by atoms with E-state index >= 15 is 0 Å². The molecule has 1 aliphatic rings. The standard InChI is InChI=1S/C25H29N5O2/c1-16(2)11-20-14-22(29-32-20)17-7-9-30(10-8-17)15-19-12-18-13-23(27-28-25(18)26-19)21-5-3-4-6-24(21)31/h3-6,12-14,16-17,31H,7-11,15H2,1-2H3,(H,26,28). The molecule has 0 bridgehead atoms. The highest BCUT2D eigenvalue weighted by molar-refractivity contribution is 5.81. The number of aromatic amines is 1. The number of nitrogens with one attached hydrogen (secondary N) is 1. The Morgan fingerprint density at radius 2 is 1.94 bits per heavy atom. The largest absolute Gasteiger partial charge is 0.507 e. The number of nitrogens with zero attached hydrogens (tertiary/aromatic N) is 4. The maximum absolute atomic E-state index is 10.1. The number of benzene rings is 1. The molecule has 0 unspecified atom stereocenters. The highest BCUT2D eigenvalue weighted by Gasteiger charge is 2.24. The van der Waals surface area contributed by atoms with Crippen LogP contribution in [0.1, 0.15) is 49.8 Å². The third kappa shape index (κ3) is 4.39. The van der Waals surface area contributed by atoms with Gasteiger partial charge < -0.3 is 14.6 Å². The first-order chi connectivity index (χ1) is 15.5. The number of fused-ring (bicyclic) bond motifs is 1. The van der Waals surface area contributed by atoms with Crippen LogP contribution < -0.4 is 0 Å². The molecule has 32 heavy (non-hydrogen) atoms. The van der Waals surface area contributed by atoms with Gasteiger partial charge in [-0.25, -0.2) is 0 Å². The minimum Gasteiger partial charge on any atom is -0.507 e. The third-order valence-electron chi connectivity index (χ3n) is 6.20. The predicted molar refractivity (Wildman–Crippen MR) is 123 cm³/mol. The van der Waals surface area contributed by atoms with Crippen molar-refractivity contribution >= 4 is 11.0 Å². The molecule has 2 N–H and O–H groups in total. The quantitative estimate of drug-likeness (QED) is 0.451. The van der Waals surface area contributed by atoms with Gasteiger partial charge in [0.2, 0.25) is 0 Å². The minimum atomic E-state index is 0.211. The Kier molecular flexibility index (Phi) is 5.66. The van der Waals surface area contributed by atoms with Gasteiger partial charge in [-0.1, -0.05) is 31.1 Å². The molecule has 4 aromatic rings. The fraction of sp³-hybridized carbons (Fsp3) is 0.400. The van der Waals surface area contributed by atoms with Gasteiger partial charge in [0.1, 0.15) is 11.5 Å². The first-order valence-corrected chi connectivity index (χ1v) is 11.4. The summed E-state index contributed by atoms with van der Waals surface area (Å²) in [6.45, 7) is 7.31. The molecule has 4 heterocycles. The fourth-order valence-electron chi connectivity index (χ4n) is 4.54. The van der Waals surface area contributed by atoms with Crippen LogP contribution in [0, 0.1) is 5.92 Å². The van der Waals surface area contributed by atoms with Crippen molar-refractivity contribution in [3.63, 3.8) is 0 Å². The summed E-state index contributed by atoms with van der Waals surface area (Å²) < 4.78 is 5.54. The zero-order chi connectivity index (χ0) is 22.1. The summed E-state index contributed by atoms with van der Waals surface area (Å²) in [4.78, 5) is 5.86. The summed E-state index contributed by atoms with van der Waals surface area (Å²) in [5, 5.41) is 24.1. The zero-order valence-corrected chi connectivity index (χ0v) is 18.6. The van der Waals surface area contributed by atoms with Crippen molar-refractivity contribution in [1.82, 2.24) is 25.2 Å². The molecule has 0 saturated carbocycles. The predicted octanol–water partition coefficient (Wildman–Crippen LogP) is 4.90. The molecule has 7 nitrogen and oxygen atoms in total. The lowest BCUT2D eigenvalue weighted by Crippen LogP contribution is -2.32. The number of aromatic hydroxyl groups is 1. The van der Waals surface area contributed by atoms with E-state index in [-0.39, 0.29) is 5.75 Å². The lowest BCUT2D eigenvalue weighted by Gasteiger charge is -2.30. The molecule has 1 aliphatic heterocycles. The van der Waals surface area contributed by atoms with Crippen molar-refractivity contribution < 1.29 is 9.63 Å². The van der Waals surface area contributed by atoms with Crippen molar-refractivity contribution in [3.8, 4) is 17.0 Å². The number of piperidine rings is 1. The molecule has 0 radical (unpaired) electrons. The number of hydrogen-bond acceptors (Lipinski definition) is 6. The summed E-state index contributed by atoms with van der Waals surface area (Å²) in [6, 6.07) is 13.5. The number of aromatic nitrogens is 4. The van der Waals surface area contributed by atoms with Gasteiger partial charge in [0, 0.05) is 41.6 Å². The molecule has 1 fully saturated rings. The van der Waals surface area contributed by atoms with Crippen LogP contribution in [-0.4, -0.2) is 43.4 Å². The van der Waals surface area contributed by atoms with Gasteiger partial charge in [-0.2, -0.15) is 0 Å². The maximum atomic E-state index is 10.1. The van der Waals surface area contributed by atoms with Crippen LogP contribution in [-0.2, 0) is 13.0 Å². The van der Waals surface area contributed by atoms with E-state index in [0.717, 1.165) is 67.1 Å². The SMILES string of the molecule is CC(C)Cc1cc(C2CCN(Cc3cc4cc(-c5ccccc5O)nnc4[nH]3)CC2)no1. The van der Waals surface area contributed by atoms with Crippen LogP contribution in [0.2, 0.25) is 0 Å². The normalized spacial score (nSPS) is 15.7. The summed E-state index contributed by atoms with van der Waals surface area (Å²) in [5.74, 6) is 2.27. The van der Waals surface area contributed by atoms with E-state index in [1.54, 1.807) is 12.1 Å². The van der Waals surface area contributed by atoms with E-state index in [4.69, 9.17) is 4.52 Å². The van der Waals surface area contributed by atoms with Crippen LogP contribution in [0.25, 0.3) is 22.3 Å². The van der Waals surface area contributed by atoms with Gasteiger partial charge >= 0.3 is 0 Å². The fourth-order valence-corrected chi connectivity index (χ4v) is 4.54. The van der Waals surface area contributed by atoms with E-state index < -0.39 is 0 Å². The Morgan fingerprint density at radius 1 is 1.12 bits per heavy atom. The molecule has 1 aromatic carbocycles. The molecule has 7 heteroatoms. The van der Waals surface area contributed by atoms with E-state index in [9.17, 15) is 5.11 Å². The Hall–Kier alpha value is -3.19. The van der Waals surface area contributed by atoms with E-state index in [1.807, 2.05) is 18.2 Å². The summed E-state index contributed by atoms with van der Waals surface area (Å²) in [6.07, 6.45) is 3.12. The van der Waals surface area contributed by atoms with Crippen LogP contribution in [0.15, 0.2) is 47.0 Å². The number of H-pyrrole nitrogens is 1. The smallest absolute Gasteiger partial charge is 0.160 e. The topological polar surface area (TPSA) is 91.1 Å². The summed E-state index contributed by atoms with van der Waals surface area (Å²) in [7, 11) is 0. The van der Waals surface area contributed by atoms with Crippen molar-refractivity contribution in [1.29, 1.82) is 0 Å².